The van der Waals surface area contributed by atoms with Gasteiger partial charge >= 0.3 is 0 Å². The molecule has 1 aliphatic carbocycles. The van der Waals surface area contributed by atoms with Crippen molar-refractivity contribution >= 4 is 12.6 Å². The lowest BCUT2D eigenvalue weighted by molar-refractivity contribution is 0.0502. The van der Waals surface area contributed by atoms with Crippen LogP contribution in [0.4, 0.5) is 4.39 Å². The molecule has 0 saturated carbocycles. The molecule has 0 fully saturated rings. The number of benzene rings is 1. The summed E-state index contributed by atoms with van der Waals surface area (Å²) in [6, 6.07) is 9.72. The molecule has 0 unspecified atom stereocenters. The Hall–Kier alpha value is -1.06. The molecule has 17 heavy (non-hydrogen) atoms. The smallest absolute Gasteiger partial charge is 0.160 e. The van der Waals surface area contributed by atoms with Gasteiger partial charge in [-0.3, -0.25) is 0 Å². The highest BCUT2D eigenvalue weighted by atomic mass is 32.1. The second-order valence-corrected chi connectivity index (χ2v) is 4.52. The van der Waals surface area contributed by atoms with E-state index in [1.54, 1.807) is 12.2 Å². The molecule has 89 valence electrons. The number of halogens is 1. The van der Waals surface area contributed by atoms with Crippen molar-refractivity contribution in [2.75, 3.05) is 6.61 Å². The van der Waals surface area contributed by atoms with Crippen LogP contribution in [0.3, 0.4) is 0 Å². The molecular weight excluding hydrogens is 235 g/mol. The van der Waals surface area contributed by atoms with Gasteiger partial charge in [0.05, 0.1) is 13.2 Å². The number of rotatable bonds is 4. The Morgan fingerprint density at radius 3 is 2.71 bits per heavy atom. The minimum atomic E-state index is -1.54. The minimum Gasteiger partial charge on any atom is -0.373 e. The quantitative estimate of drug-likeness (QED) is 0.804. The fourth-order valence-corrected chi connectivity index (χ4v) is 1.94. The molecule has 1 radical (unpaired) electrons. The maximum absolute atomic E-state index is 14.2. The van der Waals surface area contributed by atoms with E-state index in [4.69, 9.17) is 4.74 Å². The van der Waals surface area contributed by atoms with Gasteiger partial charge in [-0.2, -0.15) is 0 Å². The first kappa shape index (κ1) is 12.4. The molecule has 3 heteroatoms. The molecule has 1 nitrogen and oxygen atoms in total. The van der Waals surface area contributed by atoms with Crippen molar-refractivity contribution in [1.82, 2.24) is 0 Å². The number of alkyl halides is 1. The van der Waals surface area contributed by atoms with Gasteiger partial charge in [-0.1, -0.05) is 42.5 Å². The Bertz CT molecular complexity index is 427. The summed E-state index contributed by atoms with van der Waals surface area (Å²) in [4.78, 5) is 0.623. The van der Waals surface area contributed by atoms with E-state index in [0.717, 1.165) is 5.56 Å². The van der Waals surface area contributed by atoms with Crippen LogP contribution in [-0.4, -0.2) is 12.3 Å². The number of hydrogen-bond acceptors (Lipinski definition) is 2. The third-order valence-corrected chi connectivity index (χ3v) is 2.74. The van der Waals surface area contributed by atoms with E-state index in [2.05, 4.69) is 12.6 Å². The van der Waals surface area contributed by atoms with Crippen LogP contribution >= 0.6 is 12.6 Å². The molecule has 0 saturated heterocycles. The summed E-state index contributed by atoms with van der Waals surface area (Å²) >= 11 is 4.13. The molecule has 0 N–H and O–H groups in total. The molecule has 1 aromatic rings. The second kappa shape index (κ2) is 5.52. The van der Waals surface area contributed by atoms with Gasteiger partial charge < -0.3 is 4.74 Å². The highest BCUT2D eigenvalue weighted by Gasteiger charge is 2.28. The summed E-state index contributed by atoms with van der Waals surface area (Å²) in [5.74, 6) is 0. The maximum atomic E-state index is 14.2. The Balaban J connectivity index is 1.85. The van der Waals surface area contributed by atoms with Crippen molar-refractivity contribution in [3.05, 3.63) is 65.4 Å². The molecule has 0 bridgehead atoms. The average molecular weight is 249 g/mol. The van der Waals surface area contributed by atoms with Crippen molar-refractivity contribution in [1.29, 1.82) is 0 Å². The number of ether oxygens (including phenoxy) is 1. The van der Waals surface area contributed by atoms with Crippen molar-refractivity contribution in [2.24, 2.45) is 0 Å². The van der Waals surface area contributed by atoms with E-state index < -0.39 is 5.67 Å². The van der Waals surface area contributed by atoms with Gasteiger partial charge in [-0.15, -0.1) is 12.6 Å². The predicted molar refractivity (Wildman–Crippen MR) is 70.4 cm³/mol. The zero-order chi connectivity index (χ0) is 12.1. The monoisotopic (exact) mass is 249 g/mol. The largest absolute Gasteiger partial charge is 0.373 e. The van der Waals surface area contributed by atoms with Crippen LogP contribution in [0.15, 0.2) is 53.5 Å². The topological polar surface area (TPSA) is 9.23 Å². The third kappa shape index (κ3) is 3.72. The normalized spacial score (nSPS) is 23.5. The average Bonchev–Trinajstić information content (AvgIpc) is 2.30. The number of hydrogen-bond donors (Lipinski definition) is 1. The Morgan fingerprint density at radius 2 is 2.00 bits per heavy atom. The zero-order valence-electron chi connectivity index (χ0n) is 9.34. The first-order valence-corrected chi connectivity index (χ1v) is 5.88. The van der Waals surface area contributed by atoms with Crippen molar-refractivity contribution in [2.45, 2.75) is 12.3 Å². The summed E-state index contributed by atoms with van der Waals surface area (Å²) in [6.07, 6.45) is 6.35. The molecule has 1 aromatic carbocycles. The number of thiol groups is 1. The van der Waals surface area contributed by atoms with Crippen LogP contribution in [0.2, 0.25) is 0 Å². The van der Waals surface area contributed by atoms with E-state index in [-0.39, 0.29) is 6.61 Å². The molecule has 0 spiro atoms. The fraction of sp³-hybridized carbons (Fsp3) is 0.214. The van der Waals surface area contributed by atoms with Crippen LogP contribution < -0.4 is 0 Å². The summed E-state index contributed by atoms with van der Waals surface area (Å²) in [6.45, 7) is 0.427. The fourth-order valence-electron chi connectivity index (χ4n) is 1.64. The van der Waals surface area contributed by atoms with Crippen LogP contribution in [0.5, 0.6) is 0 Å². The van der Waals surface area contributed by atoms with E-state index in [1.807, 2.05) is 30.3 Å². The minimum absolute atomic E-state index is 0.0102. The van der Waals surface area contributed by atoms with Crippen LogP contribution in [0.25, 0.3) is 0 Å². The molecule has 0 aliphatic heterocycles. The molecule has 1 atom stereocenters. The molecular formula is C14H14FOS. The van der Waals surface area contributed by atoms with Crippen molar-refractivity contribution < 1.29 is 9.13 Å². The van der Waals surface area contributed by atoms with Gasteiger partial charge in [-0.05, 0) is 11.6 Å². The molecule has 0 amide bonds. The van der Waals surface area contributed by atoms with Crippen LogP contribution in [-0.2, 0) is 11.3 Å². The lowest BCUT2D eigenvalue weighted by Crippen LogP contribution is -2.28. The van der Waals surface area contributed by atoms with Gasteiger partial charge in [0.25, 0.3) is 0 Å². The van der Waals surface area contributed by atoms with E-state index >= 15 is 0 Å². The Kier molecular flexibility index (Phi) is 4.02. The van der Waals surface area contributed by atoms with Crippen molar-refractivity contribution in [3.63, 3.8) is 0 Å². The molecule has 1 aliphatic rings. The highest BCUT2D eigenvalue weighted by Crippen LogP contribution is 2.26. The third-order valence-electron chi connectivity index (χ3n) is 2.46. The van der Waals surface area contributed by atoms with E-state index in [9.17, 15) is 4.39 Å². The predicted octanol–water partition coefficient (Wildman–Crippen LogP) is 3.50. The zero-order valence-corrected chi connectivity index (χ0v) is 10.2. The lowest BCUT2D eigenvalue weighted by Gasteiger charge is -2.22. The lowest BCUT2D eigenvalue weighted by atomic mass is 9.98. The number of allylic oxidation sites excluding steroid dienone is 2. The summed E-state index contributed by atoms with van der Waals surface area (Å²) in [5, 5.41) is 0. The first-order chi connectivity index (χ1) is 8.18. The van der Waals surface area contributed by atoms with Crippen molar-refractivity contribution in [3.8, 4) is 0 Å². The van der Waals surface area contributed by atoms with Crippen LogP contribution in [0.1, 0.15) is 5.56 Å². The van der Waals surface area contributed by atoms with Gasteiger partial charge in [0.1, 0.15) is 0 Å². The highest BCUT2D eigenvalue weighted by molar-refractivity contribution is 7.84. The molecule has 2 rings (SSSR count). The SMILES string of the molecule is F[C@@]1(COCc2ccccc2)[CH]C=CC(S)=C1. The summed E-state index contributed by atoms with van der Waals surface area (Å²) in [7, 11) is 0. The second-order valence-electron chi connectivity index (χ2n) is 4.00. The first-order valence-electron chi connectivity index (χ1n) is 5.43. The van der Waals surface area contributed by atoms with Gasteiger partial charge in [-0.25, -0.2) is 4.39 Å². The standard InChI is InChI=1S/C14H14FOS/c15-14(8-4-7-13(17)9-14)11-16-10-12-5-2-1-3-6-12/h1-9,17H,10-11H2/t14-/m0/s1. The van der Waals surface area contributed by atoms with E-state index in [1.165, 1.54) is 12.5 Å². The Labute approximate surface area is 106 Å². The summed E-state index contributed by atoms with van der Waals surface area (Å²) < 4.78 is 19.6. The van der Waals surface area contributed by atoms with E-state index in [0.29, 0.717) is 11.5 Å². The van der Waals surface area contributed by atoms with Crippen LogP contribution in [0, 0.1) is 6.42 Å². The Morgan fingerprint density at radius 1 is 1.24 bits per heavy atom. The maximum Gasteiger partial charge on any atom is 0.160 e. The molecule has 0 aromatic heterocycles. The molecule has 0 heterocycles. The van der Waals surface area contributed by atoms with Gasteiger partial charge in [0.2, 0.25) is 0 Å². The van der Waals surface area contributed by atoms with Gasteiger partial charge in [0, 0.05) is 11.3 Å². The summed E-state index contributed by atoms with van der Waals surface area (Å²) in [5.41, 5.74) is -0.502. The van der Waals surface area contributed by atoms with Gasteiger partial charge in [0.15, 0.2) is 5.67 Å².